The highest BCUT2D eigenvalue weighted by atomic mass is 79.9. The quantitative estimate of drug-likeness (QED) is 0.282. The number of nitrogens with zero attached hydrogens (tertiary/aromatic N) is 1. The van der Waals surface area contributed by atoms with Gasteiger partial charge in [0.25, 0.3) is 5.91 Å². The van der Waals surface area contributed by atoms with Crippen LogP contribution in [0.1, 0.15) is 47.5 Å². The van der Waals surface area contributed by atoms with Gasteiger partial charge in [-0.05, 0) is 60.5 Å². The lowest BCUT2D eigenvalue weighted by Gasteiger charge is -2.25. The van der Waals surface area contributed by atoms with Crippen LogP contribution in [-0.4, -0.2) is 12.5 Å². The van der Waals surface area contributed by atoms with Crippen LogP contribution < -0.4 is 15.1 Å². The van der Waals surface area contributed by atoms with Gasteiger partial charge in [-0.15, -0.1) is 0 Å². The highest BCUT2D eigenvalue weighted by Crippen LogP contribution is 2.41. The molecular weight excluding hydrogens is 482 g/mol. The fraction of sp³-hybridized carbons (Fsp3) is 0.185. The summed E-state index contributed by atoms with van der Waals surface area (Å²) in [4.78, 5) is 28.7. The number of amides is 1. The van der Waals surface area contributed by atoms with E-state index >= 15 is 0 Å². The van der Waals surface area contributed by atoms with E-state index in [9.17, 15) is 9.59 Å². The molecule has 2 heterocycles. The zero-order valence-electron chi connectivity index (χ0n) is 18.1. The Bertz CT molecular complexity index is 1380. The Hall–Kier alpha value is -3.38. The van der Waals surface area contributed by atoms with Crippen molar-refractivity contribution in [2.24, 2.45) is 0 Å². The SMILES string of the molecule is CCCCOc1ccc(C2c3c(oc4ccccc4c3=O)C(=O)N2c2ccc(Br)cc2)cc1. The fourth-order valence-electron chi connectivity index (χ4n) is 4.18. The molecule has 166 valence electrons. The van der Waals surface area contributed by atoms with Crippen LogP contribution in [0.25, 0.3) is 11.0 Å². The van der Waals surface area contributed by atoms with Crippen LogP contribution in [0.3, 0.4) is 0 Å². The number of hydrogen-bond acceptors (Lipinski definition) is 4. The fourth-order valence-corrected chi connectivity index (χ4v) is 4.45. The third kappa shape index (κ3) is 3.85. The Labute approximate surface area is 199 Å². The summed E-state index contributed by atoms with van der Waals surface area (Å²) in [7, 11) is 0. The van der Waals surface area contributed by atoms with E-state index in [0.29, 0.717) is 28.8 Å². The van der Waals surface area contributed by atoms with Crippen molar-refractivity contribution in [1.82, 2.24) is 0 Å². The molecule has 1 atom stereocenters. The minimum Gasteiger partial charge on any atom is -0.494 e. The molecule has 0 bridgehead atoms. The maximum atomic E-state index is 13.6. The molecule has 5 nitrogen and oxygen atoms in total. The monoisotopic (exact) mass is 503 g/mol. The lowest BCUT2D eigenvalue weighted by atomic mass is 9.98. The molecule has 4 aromatic rings. The summed E-state index contributed by atoms with van der Waals surface area (Å²) in [6.45, 7) is 2.77. The van der Waals surface area contributed by atoms with E-state index in [1.807, 2.05) is 48.5 Å². The van der Waals surface area contributed by atoms with Crippen molar-refractivity contribution in [2.75, 3.05) is 11.5 Å². The van der Waals surface area contributed by atoms with Crippen LogP contribution in [0.4, 0.5) is 5.69 Å². The summed E-state index contributed by atoms with van der Waals surface area (Å²) in [6, 6.07) is 21.5. The molecule has 5 rings (SSSR count). The summed E-state index contributed by atoms with van der Waals surface area (Å²) in [5.74, 6) is 0.524. The number of rotatable bonds is 6. The molecule has 1 unspecified atom stereocenters. The first-order valence-corrected chi connectivity index (χ1v) is 11.8. The Morgan fingerprint density at radius 1 is 0.970 bits per heavy atom. The summed E-state index contributed by atoms with van der Waals surface area (Å²) in [5.41, 5.74) is 2.09. The zero-order chi connectivity index (χ0) is 22.9. The van der Waals surface area contributed by atoms with E-state index in [0.717, 1.165) is 28.6 Å². The normalized spacial score (nSPS) is 15.2. The molecule has 1 aromatic heterocycles. The molecule has 0 N–H and O–H groups in total. The van der Waals surface area contributed by atoms with Crippen molar-refractivity contribution < 1.29 is 13.9 Å². The maximum Gasteiger partial charge on any atom is 0.295 e. The topological polar surface area (TPSA) is 59.8 Å². The molecule has 33 heavy (non-hydrogen) atoms. The molecule has 0 radical (unpaired) electrons. The van der Waals surface area contributed by atoms with E-state index in [1.54, 1.807) is 29.2 Å². The summed E-state index contributed by atoms with van der Waals surface area (Å²) >= 11 is 3.45. The smallest absolute Gasteiger partial charge is 0.295 e. The van der Waals surface area contributed by atoms with Crippen LogP contribution in [-0.2, 0) is 0 Å². The predicted molar refractivity (Wildman–Crippen MR) is 132 cm³/mol. The Morgan fingerprint density at radius 2 is 1.70 bits per heavy atom. The minimum absolute atomic E-state index is 0.0925. The van der Waals surface area contributed by atoms with Crippen molar-refractivity contribution >= 4 is 38.5 Å². The molecule has 1 aliphatic heterocycles. The van der Waals surface area contributed by atoms with Crippen molar-refractivity contribution in [3.63, 3.8) is 0 Å². The standard InChI is InChI=1S/C27H22BrNO4/c1-2-3-16-32-20-14-8-17(9-15-20)24-23-25(30)21-6-4-5-7-22(21)33-26(23)27(31)29(24)19-12-10-18(28)11-13-19/h4-15,24H,2-3,16H2,1H3. The molecule has 0 saturated carbocycles. The molecule has 1 aliphatic rings. The van der Waals surface area contributed by atoms with Gasteiger partial charge in [0.15, 0.2) is 5.43 Å². The number of anilines is 1. The van der Waals surface area contributed by atoms with E-state index in [1.165, 1.54) is 0 Å². The Kier molecular flexibility index (Phi) is 5.77. The number of unbranched alkanes of at least 4 members (excludes halogenated alkanes) is 1. The molecule has 3 aromatic carbocycles. The van der Waals surface area contributed by atoms with Gasteiger partial charge in [0.1, 0.15) is 11.3 Å². The van der Waals surface area contributed by atoms with E-state index in [4.69, 9.17) is 9.15 Å². The number of carbonyl (C=O) groups excluding carboxylic acids is 1. The summed E-state index contributed by atoms with van der Waals surface area (Å²) < 4.78 is 12.7. The third-order valence-corrected chi connectivity index (χ3v) is 6.37. The van der Waals surface area contributed by atoms with Gasteiger partial charge >= 0.3 is 0 Å². The second kappa shape index (κ2) is 8.87. The van der Waals surface area contributed by atoms with Crippen LogP contribution in [0.15, 0.2) is 86.5 Å². The van der Waals surface area contributed by atoms with E-state index < -0.39 is 6.04 Å². The molecule has 1 amide bonds. The zero-order valence-corrected chi connectivity index (χ0v) is 19.7. The van der Waals surface area contributed by atoms with Gasteiger partial charge < -0.3 is 9.15 Å². The van der Waals surface area contributed by atoms with E-state index in [2.05, 4.69) is 22.9 Å². The average molecular weight is 504 g/mol. The number of halogens is 1. The van der Waals surface area contributed by atoms with Crippen molar-refractivity contribution in [3.8, 4) is 5.75 Å². The van der Waals surface area contributed by atoms with Gasteiger partial charge in [0.2, 0.25) is 5.76 Å². The number of carbonyl (C=O) groups is 1. The number of ether oxygens (including phenoxy) is 1. The first kappa shape index (κ1) is 21.5. The lowest BCUT2D eigenvalue weighted by Crippen LogP contribution is -2.29. The van der Waals surface area contributed by atoms with Gasteiger partial charge in [-0.25, -0.2) is 0 Å². The first-order valence-electron chi connectivity index (χ1n) is 11.0. The van der Waals surface area contributed by atoms with E-state index in [-0.39, 0.29) is 17.1 Å². The highest BCUT2D eigenvalue weighted by molar-refractivity contribution is 9.10. The van der Waals surface area contributed by atoms with Crippen LogP contribution in [0, 0.1) is 0 Å². The van der Waals surface area contributed by atoms with Crippen LogP contribution in [0.2, 0.25) is 0 Å². The first-order chi connectivity index (χ1) is 16.1. The molecule has 0 fully saturated rings. The lowest BCUT2D eigenvalue weighted by molar-refractivity contribution is 0.0971. The van der Waals surface area contributed by atoms with Gasteiger partial charge in [0.05, 0.1) is 23.6 Å². The van der Waals surface area contributed by atoms with Gasteiger partial charge in [-0.1, -0.05) is 53.5 Å². The number of para-hydroxylation sites is 1. The Morgan fingerprint density at radius 3 is 2.42 bits per heavy atom. The van der Waals surface area contributed by atoms with Crippen molar-refractivity contribution in [3.05, 3.63) is 104 Å². The number of hydrogen-bond donors (Lipinski definition) is 0. The maximum absolute atomic E-state index is 13.6. The highest BCUT2D eigenvalue weighted by Gasteiger charge is 2.43. The van der Waals surface area contributed by atoms with Gasteiger partial charge in [-0.2, -0.15) is 0 Å². The molecule has 6 heteroatoms. The Balaban J connectivity index is 1.66. The van der Waals surface area contributed by atoms with Gasteiger partial charge in [0, 0.05) is 10.2 Å². The molecule has 0 saturated heterocycles. The third-order valence-electron chi connectivity index (χ3n) is 5.84. The second-order valence-corrected chi connectivity index (χ2v) is 8.91. The summed E-state index contributed by atoms with van der Waals surface area (Å²) in [6.07, 6.45) is 2.04. The average Bonchev–Trinajstić information content (AvgIpc) is 3.13. The molecule has 0 aliphatic carbocycles. The number of benzene rings is 3. The molecule has 0 spiro atoms. The predicted octanol–water partition coefficient (Wildman–Crippen LogP) is 6.48. The van der Waals surface area contributed by atoms with Crippen LogP contribution in [0.5, 0.6) is 5.75 Å². The summed E-state index contributed by atoms with van der Waals surface area (Å²) in [5, 5.41) is 0.464. The van der Waals surface area contributed by atoms with Crippen LogP contribution >= 0.6 is 15.9 Å². The van der Waals surface area contributed by atoms with Crippen molar-refractivity contribution in [1.29, 1.82) is 0 Å². The van der Waals surface area contributed by atoms with Crippen molar-refractivity contribution in [2.45, 2.75) is 25.8 Å². The largest absolute Gasteiger partial charge is 0.494 e. The molecular formula is C27H22BrNO4. The second-order valence-electron chi connectivity index (χ2n) is 8.00. The number of fused-ring (bicyclic) bond motifs is 2. The minimum atomic E-state index is -0.598. The van der Waals surface area contributed by atoms with Gasteiger partial charge in [-0.3, -0.25) is 14.5 Å².